The number of carbonyl (C=O) groups excluding carboxylic acids is 1. The highest BCUT2D eigenvalue weighted by Gasteiger charge is 2.29. The highest BCUT2D eigenvalue weighted by Crippen LogP contribution is 2.35. The van der Waals surface area contributed by atoms with Gasteiger partial charge >= 0.3 is 0 Å². The zero-order chi connectivity index (χ0) is 11.1. The van der Waals surface area contributed by atoms with Crippen molar-refractivity contribution in [1.82, 2.24) is 0 Å². The van der Waals surface area contributed by atoms with Crippen LogP contribution >= 0.6 is 0 Å². The molecule has 3 nitrogen and oxygen atoms in total. The van der Waals surface area contributed by atoms with E-state index in [0.29, 0.717) is 11.3 Å². The second-order valence-electron chi connectivity index (χ2n) is 4.52. The summed E-state index contributed by atoms with van der Waals surface area (Å²) >= 11 is 0. The van der Waals surface area contributed by atoms with Gasteiger partial charge in [-0.2, -0.15) is 0 Å². The van der Waals surface area contributed by atoms with Gasteiger partial charge in [0.05, 0.1) is 5.56 Å². The standard InChI is InChI=1S/C12H15NO2/c1-12(2)7-6-8-4-3-5-9(11(13)14)10(8)15-12/h3-5H,6-7H2,1-2H3,(H2,13,14). The summed E-state index contributed by atoms with van der Waals surface area (Å²) in [6.45, 7) is 4.04. The number of amides is 1. The average molecular weight is 205 g/mol. The summed E-state index contributed by atoms with van der Waals surface area (Å²) in [5.41, 5.74) is 6.66. The maximum absolute atomic E-state index is 11.2. The predicted molar refractivity (Wildman–Crippen MR) is 58.0 cm³/mol. The van der Waals surface area contributed by atoms with E-state index in [0.717, 1.165) is 18.4 Å². The minimum atomic E-state index is -0.426. The molecule has 0 spiro atoms. The summed E-state index contributed by atoms with van der Waals surface area (Å²) in [6, 6.07) is 5.54. The highest BCUT2D eigenvalue weighted by atomic mass is 16.5. The molecule has 1 heterocycles. The molecule has 0 unspecified atom stereocenters. The van der Waals surface area contributed by atoms with Crippen LogP contribution in [0.5, 0.6) is 5.75 Å². The first-order valence-electron chi connectivity index (χ1n) is 5.10. The number of primary amides is 1. The van der Waals surface area contributed by atoms with E-state index in [1.807, 2.05) is 26.0 Å². The molecule has 0 bridgehead atoms. The zero-order valence-electron chi connectivity index (χ0n) is 9.04. The zero-order valence-corrected chi connectivity index (χ0v) is 9.04. The Balaban J connectivity index is 2.50. The van der Waals surface area contributed by atoms with Crippen molar-refractivity contribution in [3.63, 3.8) is 0 Å². The Hall–Kier alpha value is -1.51. The maximum atomic E-state index is 11.2. The van der Waals surface area contributed by atoms with Crippen LogP contribution in [0.25, 0.3) is 0 Å². The van der Waals surface area contributed by atoms with E-state index in [4.69, 9.17) is 10.5 Å². The Morgan fingerprint density at radius 2 is 2.20 bits per heavy atom. The van der Waals surface area contributed by atoms with Gasteiger partial charge in [-0.25, -0.2) is 0 Å². The summed E-state index contributed by atoms with van der Waals surface area (Å²) in [5, 5.41) is 0. The molecule has 1 amide bonds. The first-order valence-corrected chi connectivity index (χ1v) is 5.10. The molecule has 2 rings (SSSR count). The van der Waals surface area contributed by atoms with E-state index >= 15 is 0 Å². The van der Waals surface area contributed by atoms with E-state index in [9.17, 15) is 4.79 Å². The molecule has 2 N–H and O–H groups in total. The molecule has 0 aliphatic carbocycles. The van der Waals surface area contributed by atoms with Crippen molar-refractivity contribution >= 4 is 5.91 Å². The van der Waals surface area contributed by atoms with Gasteiger partial charge in [-0.1, -0.05) is 12.1 Å². The molecule has 0 saturated heterocycles. The smallest absolute Gasteiger partial charge is 0.252 e. The van der Waals surface area contributed by atoms with Gasteiger partial charge in [-0.15, -0.1) is 0 Å². The predicted octanol–water partition coefficient (Wildman–Crippen LogP) is 1.89. The number of hydrogen-bond acceptors (Lipinski definition) is 2. The lowest BCUT2D eigenvalue weighted by Gasteiger charge is -2.33. The van der Waals surface area contributed by atoms with Crippen molar-refractivity contribution in [3.05, 3.63) is 29.3 Å². The van der Waals surface area contributed by atoms with Crippen molar-refractivity contribution in [2.45, 2.75) is 32.3 Å². The molecule has 0 aromatic heterocycles. The topological polar surface area (TPSA) is 52.3 Å². The van der Waals surface area contributed by atoms with E-state index in [1.54, 1.807) is 6.07 Å². The fourth-order valence-corrected chi connectivity index (χ4v) is 1.86. The number of nitrogens with two attached hydrogens (primary N) is 1. The normalized spacial score (nSPS) is 17.7. The molecule has 1 aromatic carbocycles. The van der Waals surface area contributed by atoms with Crippen LogP contribution in [0.3, 0.4) is 0 Å². The van der Waals surface area contributed by atoms with E-state index in [-0.39, 0.29) is 5.60 Å². The first-order chi connectivity index (χ1) is 6.99. The quantitative estimate of drug-likeness (QED) is 0.761. The number of hydrogen-bond donors (Lipinski definition) is 1. The summed E-state index contributed by atoms with van der Waals surface area (Å²) in [6.07, 6.45) is 1.89. The lowest BCUT2D eigenvalue weighted by molar-refractivity contribution is 0.0807. The molecule has 0 atom stereocenters. The number of ether oxygens (including phenoxy) is 1. The summed E-state index contributed by atoms with van der Waals surface area (Å²) in [4.78, 5) is 11.2. The average Bonchev–Trinajstić information content (AvgIpc) is 2.15. The minimum Gasteiger partial charge on any atom is -0.487 e. The molecule has 0 saturated carbocycles. The maximum Gasteiger partial charge on any atom is 0.252 e. The Bertz CT molecular complexity index is 410. The van der Waals surface area contributed by atoms with Crippen LogP contribution in [0.4, 0.5) is 0 Å². The molecule has 15 heavy (non-hydrogen) atoms. The number of carbonyl (C=O) groups is 1. The van der Waals surface area contributed by atoms with Gasteiger partial charge in [0, 0.05) is 0 Å². The summed E-state index contributed by atoms with van der Waals surface area (Å²) in [5.74, 6) is 0.241. The first kappa shape index (κ1) is 10.0. The third-order valence-corrected chi connectivity index (χ3v) is 2.74. The molecule has 80 valence electrons. The largest absolute Gasteiger partial charge is 0.487 e. The second kappa shape index (κ2) is 3.26. The monoisotopic (exact) mass is 205 g/mol. The Morgan fingerprint density at radius 1 is 1.47 bits per heavy atom. The van der Waals surface area contributed by atoms with Gasteiger partial charge in [0.15, 0.2) is 0 Å². The number of rotatable bonds is 1. The molecule has 1 aliphatic heterocycles. The van der Waals surface area contributed by atoms with Crippen LogP contribution in [0.1, 0.15) is 36.2 Å². The summed E-state index contributed by atoms with van der Waals surface area (Å²) in [7, 11) is 0. The van der Waals surface area contributed by atoms with E-state index in [1.165, 1.54) is 0 Å². The van der Waals surface area contributed by atoms with Crippen molar-refractivity contribution in [3.8, 4) is 5.75 Å². The van der Waals surface area contributed by atoms with Crippen molar-refractivity contribution in [2.24, 2.45) is 5.73 Å². The van der Waals surface area contributed by atoms with Gasteiger partial charge in [0.2, 0.25) is 0 Å². The molecule has 3 heteroatoms. The van der Waals surface area contributed by atoms with Gasteiger partial charge < -0.3 is 10.5 Å². The Morgan fingerprint density at radius 3 is 2.87 bits per heavy atom. The molecule has 0 fully saturated rings. The van der Waals surface area contributed by atoms with Crippen LogP contribution < -0.4 is 10.5 Å². The van der Waals surface area contributed by atoms with Gasteiger partial charge in [-0.3, -0.25) is 4.79 Å². The lowest BCUT2D eigenvalue weighted by atomic mass is 9.92. The minimum absolute atomic E-state index is 0.210. The number of fused-ring (bicyclic) bond motifs is 1. The van der Waals surface area contributed by atoms with Crippen LogP contribution in [0.2, 0.25) is 0 Å². The Labute approximate surface area is 89.2 Å². The lowest BCUT2D eigenvalue weighted by Crippen LogP contribution is -2.33. The highest BCUT2D eigenvalue weighted by molar-refractivity contribution is 5.96. The number of benzene rings is 1. The number of aryl methyl sites for hydroxylation is 1. The van der Waals surface area contributed by atoms with Gasteiger partial charge in [0.25, 0.3) is 5.91 Å². The fraction of sp³-hybridized carbons (Fsp3) is 0.417. The molecular weight excluding hydrogens is 190 g/mol. The van der Waals surface area contributed by atoms with Crippen LogP contribution in [0, 0.1) is 0 Å². The number of para-hydroxylation sites is 1. The molecular formula is C12H15NO2. The van der Waals surface area contributed by atoms with Gasteiger partial charge in [-0.05, 0) is 38.3 Å². The third-order valence-electron chi connectivity index (χ3n) is 2.74. The third kappa shape index (κ3) is 1.82. The van der Waals surface area contributed by atoms with Crippen LogP contribution in [0.15, 0.2) is 18.2 Å². The van der Waals surface area contributed by atoms with Crippen molar-refractivity contribution in [2.75, 3.05) is 0 Å². The summed E-state index contributed by atoms with van der Waals surface area (Å²) < 4.78 is 5.81. The van der Waals surface area contributed by atoms with Gasteiger partial charge in [0.1, 0.15) is 11.4 Å². The molecule has 1 aliphatic rings. The van der Waals surface area contributed by atoms with Crippen molar-refractivity contribution < 1.29 is 9.53 Å². The SMILES string of the molecule is CC1(C)CCc2cccc(C(N)=O)c2O1. The van der Waals surface area contributed by atoms with E-state index < -0.39 is 5.91 Å². The van der Waals surface area contributed by atoms with E-state index in [2.05, 4.69) is 0 Å². The second-order valence-corrected chi connectivity index (χ2v) is 4.52. The van der Waals surface area contributed by atoms with Crippen molar-refractivity contribution in [1.29, 1.82) is 0 Å². The molecule has 1 aromatic rings. The Kier molecular flexibility index (Phi) is 2.18. The molecule has 0 radical (unpaired) electrons. The van der Waals surface area contributed by atoms with Crippen LogP contribution in [-0.4, -0.2) is 11.5 Å². The fourth-order valence-electron chi connectivity index (χ4n) is 1.86. The van der Waals surface area contributed by atoms with Crippen LogP contribution in [-0.2, 0) is 6.42 Å².